The molecule has 1 heterocycles. The molecular weight excluding hydrogens is 226 g/mol. The number of fused-ring (bicyclic) bond motifs is 2. The molecule has 3 rings (SSSR count). The maximum absolute atomic E-state index is 12.2. The van der Waals surface area contributed by atoms with E-state index in [4.69, 9.17) is 5.73 Å². The van der Waals surface area contributed by atoms with E-state index in [9.17, 15) is 4.79 Å². The van der Waals surface area contributed by atoms with Gasteiger partial charge in [-0.05, 0) is 37.0 Å². The summed E-state index contributed by atoms with van der Waals surface area (Å²) in [7, 11) is 1.84. The Bertz CT molecular complexity index is 454. The lowest BCUT2D eigenvalue weighted by molar-refractivity contribution is -0.121. The number of nitrogens with two attached hydrogens (primary N) is 1. The van der Waals surface area contributed by atoms with Gasteiger partial charge in [0.15, 0.2) is 5.78 Å². The predicted octanol–water partition coefficient (Wildman–Crippen LogP) is 1.82. The van der Waals surface area contributed by atoms with Crippen LogP contribution in [0, 0.1) is 17.8 Å². The Morgan fingerprint density at radius 3 is 2.94 bits per heavy atom. The number of aryl methyl sites for hydroxylation is 1. The Hall–Kier alpha value is -1.16. The van der Waals surface area contributed by atoms with Gasteiger partial charge in [-0.1, -0.05) is 6.42 Å². The van der Waals surface area contributed by atoms with Gasteiger partial charge in [0.1, 0.15) is 0 Å². The molecule has 4 heteroatoms. The van der Waals surface area contributed by atoms with E-state index in [-0.39, 0.29) is 5.78 Å². The van der Waals surface area contributed by atoms with E-state index in [0.29, 0.717) is 12.3 Å². The van der Waals surface area contributed by atoms with E-state index in [0.717, 1.165) is 17.4 Å². The minimum Gasteiger partial charge on any atom is -0.318 e. The summed E-state index contributed by atoms with van der Waals surface area (Å²) in [5.74, 6) is 2.46. The second kappa shape index (κ2) is 4.50. The fourth-order valence-electron chi connectivity index (χ4n) is 3.80. The van der Waals surface area contributed by atoms with Crippen molar-refractivity contribution >= 4 is 5.78 Å². The van der Waals surface area contributed by atoms with Crippen LogP contribution < -0.4 is 5.73 Å². The van der Waals surface area contributed by atoms with Gasteiger partial charge in [0.2, 0.25) is 0 Å². The van der Waals surface area contributed by atoms with E-state index in [1.165, 1.54) is 25.7 Å². The van der Waals surface area contributed by atoms with E-state index in [1.807, 2.05) is 13.2 Å². The Balaban J connectivity index is 1.61. The molecule has 0 aromatic carbocycles. The molecule has 0 aliphatic heterocycles. The predicted molar refractivity (Wildman–Crippen MR) is 68.7 cm³/mol. The third-order valence-electron chi connectivity index (χ3n) is 4.78. The first kappa shape index (κ1) is 11.9. The molecule has 18 heavy (non-hydrogen) atoms. The van der Waals surface area contributed by atoms with Gasteiger partial charge in [-0.3, -0.25) is 9.48 Å². The molecule has 0 saturated heterocycles. The number of ketones is 1. The van der Waals surface area contributed by atoms with Crippen molar-refractivity contribution in [2.24, 2.45) is 30.5 Å². The third kappa shape index (κ3) is 2.09. The van der Waals surface area contributed by atoms with Gasteiger partial charge in [-0.2, -0.15) is 5.10 Å². The molecule has 2 fully saturated rings. The number of hydrogen-bond acceptors (Lipinski definition) is 3. The molecule has 0 radical (unpaired) electrons. The number of rotatable bonds is 4. The fourth-order valence-corrected chi connectivity index (χ4v) is 3.80. The van der Waals surface area contributed by atoms with Crippen LogP contribution in [0.5, 0.6) is 0 Å². The molecule has 2 N–H and O–H groups in total. The molecule has 0 spiro atoms. The molecule has 2 saturated carbocycles. The summed E-state index contributed by atoms with van der Waals surface area (Å²) in [6, 6.07) is -0.488. The van der Waals surface area contributed by atoms with Crippen molar-refractivity contribution in [2.45, 2.75) is 38.1 Å². The zero-order valence-corrected chi connectivity index (χ0v) is 10.9. The number of carbonyl (C=O) groups is 1. The van der Waals surface area contributed by atoms with Gasteiger partial charge in [-0.15, -0.1) is 0 Å². The Morgan fingerprint density at radius 1 is 1.56 bits per heavy atom. The third-order valence-corrected chi connectivity index (χ3v) is 4.78. The first-order valence-corrected chi connectivity index (χ1v) is 6.90. The second-order valence-electron chi connectivity index (χ2n) is 6.03. The average molecular weight is 247 g/mol. The number of aromatic nitrogens is 2. The van der Waals surface area contributed by atoms with Crippen LogP contribution in [0.2, 0.25) is 0 Å². The van der Waals surface area contributed by atoms with E-state index < -0.39 is 6.04 Å². The highest BCUT2D eigenvalue weighted by Crippen LogP contribution is 2.49. The lowest BCUT2D eigenvalue weighted by Gasteiger charge is -2.22. The molecular formula is C14H21N3O. The Labute approximate surface area is 108 Å². The van der Waals surface area contributed by atoms with Gasteiger partial charge in [0, 0.05) is 25.2 Å². The van der Waals surface area contributed by atoms with Crippen LogP contribution in [-0.4, -0.2) is 15.6 Å². The highest BCUT2D eigenvalue weighted by atomic mass is 16.1. The van der Waals surface area contributed by atoms with Crippen LogP contribution in [0.15, 0.2) is 12.4 Å². The highest BCUT2D eigenvalue weighted by molar-refractivity contribution is 5.85. The topological polar surface area (TPSA) is 60.9 Å². The highest BCUT2D eigenvalue weighted by Gasteiger charge is 2.40. The maximum atomic E-state index is 12.2. The zero-order chi connectivity index (χ0) is 12.7. The van der Waals surface area contributed by atoms with Gasteiger partial charge < -0.3 is 5.73 Å². The number of Topliss-reactive ketones (excluding diaryl/α,β-unsaturated/α-hetero) is 1. The summed E-state index contributed by atoms with van der Waals surface area (Å²) in [5.41, 5.74) is 6.86. The van der Waals surface area contributed by atoms with Crippen LogP contribution in [-0.2, 0) is 11.8 Å². The normalized spacial score (nSPS) is 31.8. The molecule has 2 aliphatic rings. The van der Waals surface area contributed by atoms with Gasteiger partial charge >= 0.3 is 0 Å². The zero-order valence-electron chi connectivity index (χ0n) is 10.9. The molecule has 2 bridgehead atoms. The molecule has 4 unspecified atom stereocenters. The number of hydrogen-bond donors (Lipinski definition) is 1. The fraction of sp³-hybridized carbons (Fsp3) is 0.714. The average Bonchev–Trinajstić information content (AvgIpc) is 3.03. The van der Waals surface area contributed by atoms with Gasteiger partial charge in [0.05, 0.1) is 12.2 Å². The molecule has 0 amide bonds. The summed E-state index contributed by atoms with van der Waals surface area (Å²) in [5, 5.41) is 4.07. The maximum Gasteiger partial charge on any atom is 0.154 e. The van der Waals surface area contributed by atoms with Crippen LogP contribution in [0.4, 0.5) is 0 Å². The van der Waals surface area contributed by atoms with Crippen LogP contribution in [0.25, 0.3) is 0 Å². The largest absolute Gasteiger partial charge is 0.318 e. The Kier molecular flexibility index (Phi) is 2.98. The van der Waals surface area contributed by atoms with Crippen LogP contribution in [0.1, 0.15) is 43.7 Å². The lowest BCUT2D eigenvalue weighted by atomic mass is 9.84. The second-order valence-corrected chi connectivity index (χ2v) is 6.03. The number of carbonyl (C=O) groups excluding carboxylic acids is 1. The van der Waals surface area contributed by atoms with E-state index >= 15 is 0 Å². The number of nitrogens with zero attached hydrogens (tertiary/aromatic N) is 2. The lowest BCUT2D eigenvalue weighted by Crippen LogP contribution is -2.25. The molecule has 98 valence electrons. The van der Waals surface area contributed by atoms with Crippen molar-refractivity contribution < 1.29 is 4.79 Å². The Morgan fingerprint density at radius 2 is 2.39 bits per heavy atom. The van der Waals surface area contributed by atoms with E-state index in [1.54, 1.807) is 10.9 Å². The molecule has 1 aromatic heterocycles. The standard InChI is InChI=1S/C14H21N3O/c1-17-8-12(7-16-17)14(15)13(18)6-11-5-9-2-3-10(11)4-9/h7-11,14H,2-6,15H2,1H3. The van der Waals surface area contributed by atoms with Gasteiger partial charge in [-0.25, -0.2) is 0 Å². The smallest absolute Gasteiger partial charge is 0.154 e. The van der Waals surface area contributed by atoms with Crippen molar-refractivity contribution in [1.29, 1.82) is 0 Å². The summed E-state index contributed by atoms with van der Waals surface area (Å²) in [6.45, 7) is 0. The minimum absolute atomic E-state index is 0.181. The van der Waals surface area contributed by atoms with E-state index in [2.05, 4.69) is 5.10 Å². The van der Waals surface area contributed by atoms with Crippen molar-refractivity contribution in [1.82, 2.24) is 9.78 Å². The molecule has 1 aromatic rings. The SMILES string of the molecule is Cn1cc(C(N)C(=O)CC2CC3CCC2C3)cn1. The van der Waals surface area contributed by atoms with Crippen LogP contribution >= 0.6 is 0 Å². The summed E-state index contributed by atoms with van der Waals surface area (Å²) < 4.78 is 1.69. The molecule has 4 nitrogen and oxygen atoms in total. The summed E-state index contributed by atoms with van der Waals surface area (Å²) >= 11 is 0. The van der Waals surface area contributed by atoms with Gasteiger partial charge in [0.25, 0.3) is 0 Å². The van der Waals surface area contributed by atoms with Crippen molar-refractivity contribution in [3.8, 4) is 0 Å². The van der Waals surface area contributed by atoms with Crippen molar-refractivity contribution in [2.75, 3.05) is 0 Å². The molecule has 2 aliphatic carbocycles. The molecule has 4 atom stereocenters. The first-order chi connectivity index (χ1) is 8.63. The van der Waals surface area contributed by atoms with Crippen LogP contribution in [0.3, 0.4) is 0 Å². The summed E-state index contributed by atoms with van der Waals surface area (Å²) in [6.07, 6.45) is 9.50. The monoisotopic (exact) mass is 247 g/mol. The first-order valence-electron chi connectivity index (χ1n) is 6.90. The van der Waals surface area contributed by atoms with Crippen molar-refractivity contribution in [3.05, 3.63) is 18.0 Å². The summed E-state index contributed by atoms with van der Waals surface area (Å²) in [4.78, 5) is 12.2. The quantitative estimate of drug-likeness (QED) is 0.882. The van der Waals surface area contributed by atoms with Crippen molar-refractivity contribution in [3.63, 3.8) is 0 Å². The minimum atomic E-state index is -0.488.